The van der Waals surface area contributed by atoms with E-state index in [4.69, 9.17) is 4.52 Å². The van der Waals surface area contributed by atoms with Crippen molar-refractivity contribution < 1.29 is 4.52 Å². The lowest BCUT2D eigenvalue weighted by Gasteiger charge is -1.98. The van der Waals surface area contributed by atoms with E-state index in [0.29, 0.717) is 6.54 Å². The molecule has 2 aromatic heterocycles. The van der Waals surface area contributed by atoms with Gasteiger partial charge < -0.3 is 9.09 Å². The molecule has 0 aliphatic carbocycles. The Bertz CT molecular complexity index is 616. The molecular formula is C12H12ClN3O. The number of hydrogen-bond donors (Lipinski definition) is 0. The first-order valence-electron chi connectivity index (χ1n) is 5.13. The van der Waals surface area contributed by atoms with Gasteiger partial charge in [0.25, 0.3) is 0 Å². The minimum absolute atomic E-state index is 0. The number of aromatic nitrogens is 3. The van der Waals surface area contributed by atoms with Crippen LogP contribution in [0.1, 0.15) is 11.3 Å². The molecule has 0 aliphatic heterocycles. The Labute approximate surface area is 105 Å². The topological polar surface area (TPSA) is 43.9 Å². The third kappa shape index (κ3) is 2.17. The Balaban J connectivity index is 0.00000108. The maximum Gasteiger partial charge on any atom is 0.167 e. The maximum absolute atomic E-state index is 5.27. The van der Waals surface area contributed by atoms with Crippen LogP contribution in [0.2, 0.25) is 0 Å². The molecule has 3 rings (SSSR count). The van der Waals surface area contributed by atoms with Gasteiger partial charge in [0.2, 0.25) is 0 Å². The Kier molecular flexibility index (Phi) is 3.15. The molecule has 0 bridgehead atoms. The van der Waals surface area contributed by atoms with Gasteiger partial charge in [-0.2, -0.15) is 0 Å². The van der Waals surface area contributed by atoms with E-state index < -0.39 is 0 Å². The van der Waals surface area contributed by atoms with Crippen molar-refractivity contribution >= 4 is 23.4 Å². The first-order chi connectivity index (χ1) is 7.83. The molecule has 0 spiro atoms. The van der Waals surface area contributed by atoms with Crippen LogP contribution in [-0.4, -0.2) is 14.7 Å². The Morgan fingerprint density at radius 1 is 1.35 bits per heavy atom. The molecular weight excluding hydrogens is 238 g/mol. The van der Waals surface area contributed by atoms with Crippen molar-refractivity contribution in [2.45, 2.75) is 13.5 Å². The third-order valence-corrected chi connectivity index (χ3v) is 2.59. The van der Waals surface area contributed by atoms with E-state index in [1.54, 1.807) is 12.5 Å². The highest BCUT2D eigenvalue weighted by molar-refractivity contribution is 5.85. The zero-order valence-corrected chi connectivity index (χ0v) is 10.1. The highest BCUT2D eigenvalue weighted by Crippen LogP contribution is 2.20. The first kappa shape index (κ1) is 11.7. The van der Waals surface area contributed by atoms with Crippen LogP contribution in [0.3, 0.4) is 0 Å². The molecule has 88 valence electrons. The molecule has 1 aromatic carbocycles. The van der Waals surface area contributed by atoms with Crippen LogP contribution in [0.25, 0.3) is 11.0 Å². The molecule has 0 amide bonds. The summed E-state index contributed by atoms with van der Waals surface area (Å²) in [5.41, 5.74) is 2.99. The monoisotopic (exact) mass is 249 g/mol. The maximum atomic E-state index is 5.27. The van der Waals surface area contributed by atoms with Crippen molar-refractivity contribution in [2.24, 2.45) is 0 Å². The van der Waals surface area contributed by atoms with E-state index in [2.05, 4.69) is 23.1 Å². The number of rotatable bonds is 2. The van der Waals surface area contributed by atoms with E-state index in [0.717, 1.165) is 16.7 Å². The van der Waals surface area contributed by atoms with E-state index >= 15 is 0 Å². The minimum atomic E-state index is 0. The fourth-order valence-corrected chi connectivity index (χ4v) is 1.77. The van der Waals surface area contributed by atoms with Crippen LogP contribution in [0, 0.1) is 6.92 Å². The smallest absolute Gasteiger partial charge is 0.167 e. The van der Waals surface area contributed by atoms with Gasteiger partial charge in [0.15, 0.2) is 5.58 Å². The van der Waals surface area contributed by atoms with E-state index in [9.17, 15) is 0 Å². The summed E-state index contributed by atoms with van der Waals surface area (Å²) in [5, 5.41) is 5.17. The summed E-state index contributed by atoms with van der Waals surface area (Å²) in [7, 11) is 0. The SMILES string of the molecule is Cc1ccc2onc(Cn3ccnc3)c2c1.Cl. The van der Waals surface area contributed by atoms with Gasteiger partial charge in [-0.25, -0.2) is 4.98 Å². The highest BCUT2D eigenvalue weighted by atomic mass is 35.5. The lowest BCUT2D eigenvalue weighted by atomic mass is 10.1. The molecule has 5 heteroatoms. The molecule has 0 aliphatic rings. The summed E-state index contributed by atoms with van der Waals surface area (Å²) in [6.45, 7) is 2.75. The molecule has 3 aromatic rings. The van der Waals surface area contributed by atoms with Crippen LogP contribution in [0.4, 0.5) is 0 Å². The molecule has 0 N–H and O–H groups in total. The number of nitrogens with zero attached hydrogens (tertiary/aromatic N) is 3. The van der Waals surface area contributed by atoms with Crippen LogP contribution < -0.4 is 0 Å². The summed E-state index contributed by atoms with van der Waals surface area (Å²) in [5.74, 6) is 0. The van der Waals surface area contributed by atoms with E-state index in [-0.39, 0.29) is 12.4 Å². The molecule has 0 atom stereocenters. The molecule has 0 saturated carbocycles. The first-order valence-corrected chi connectivity index (χ1v) is 5.13. The number of halogens is 1. The number of benzene rings is 1. The standard InChI is InChI=1S/C12H11N3O.ClH/c1-9-2-3-12-10(6-9)11(14-16-12)7-15-5-4-13-8-15;/h2-6,8H,7H2,1H3;1H. The zero-order valence-electron chi connectivity index (χ0n) is 9.33. The summed E-state index contributed by atoms with van der Waals surface area (Å²) >= 11 is 0. The number of fused-ring (bicyclic) bond motifs is 1. The largest absolute Gasteiger partial charge is 0.356 e. The van der Waals surface area contributed by atoms with Crippen molar-refractivity contribution in [3.8, 4) is 0 Å². The van der Waals surface area contributed by atoms with Crippen LogP contribution in [0.5, 0.6) is 0 Å². The average Bonchev–Trinajstić information content (AvgIpc) is 2.90. The van der Waals surface area contributed by atoms with Gasteiger partial charge in [-0.05, 0) is 19.1 Å². The molecule has 17 heavy (non-hydrogen) atoms. The summed E-state index contributed by atoms with van der Waals surface area (Å²) in [6.07, 6.45) is 5.44. The second-order valence-electron chi connectivity index (χ2n) is 3.86. The molecule has 0 fully saturated rings. The van der Waals surface area contributed by atoms with Gasteiger partial charge in [0.1, 0.15) is 5.69 Å². The van der Waals surface area contributed by atoms with Crippen LogP contribution in [-0.2, 0) is 6.54 Å². The Morgan fingerprint density at radius 3 is 3.00 bits per heavy atom. The van der Waals surface area contributed by atoms with Gasteiger partial charge >= 0.3 is 0 Å². The predicted molar refractivity (Wildman–Crippen MR) is 67.3 cm³/mol. The van der Waals surface area contributed by atoms with Crippen molar-refractivity contribution in [3.05, 3.63) is 48.2 Å². The normalized spacial score (nSPS) is 10.4. The van der Waals surface area contributed by atoms with Crippen molar-refractivity contribution in [1.82, 2.24) is 14.7 Å². The minimum Gasteiger partial charge on any atom is -0.356 e. The number of imidazole rings is 1. The van der Waals surface area contributed by atoms with Gasteiger partial charge in [-0.3, -0.25) is 0 Å². The van der Waals surface area contributed by atoms with Gasteiger partial charge in [0, 0.05) is 17.8 Å². The van der Waals surface area contributed by atoms with Crippen molar-refractivity contribution in [3.63, 3.8) is 0 Å². The Hall–Kier alpha value is -1.81. The summed E-state index contributed by atoms with van der Waals surface area (Å²) in [6, 6.07) is 6.07. The molecule has 2 heterocycles. The van der Waals surface area contributed by atoms with E-state index in [1.165, 1.54) is 5.56 Å². The van der Waals surface area contributed by atoms with Gasteiger partial charge in [-0.15, -0.1) is 12.4 Å². The van der Waals surface area contributed by atoms with Crippen molar-refractivity contribution in [2.75, 3.05) is 0 Å². The zero-order chi connectivity index (χ0) is 11.0. The number of hydrogen-bond acceptors (Lipinski definition) is 3. The molecule has 0 radical (unpaired) electrons. The van der Waals surface area contributed by atoms with Crippen LogP contribution >= 0.6 is 12.4 Å². The van der Waals surface area contributed by atoms with E-state index in [1.807, 2.05) is 22.9 Å². The molecule has 4 nitrogen and oxygen atoms in total. The second-order valence-corrected chi connectivity index (χ2v) is 3.86. The molecule has 0 unspecified atom stereocenters. The fourth-order valence-electron chi connectivity index (χ4n) is 1.77. The summed E-state index contributed by atoms with van der Waals surface area (Å²) in [4.78, 5) is 4.00. The fraction of sp³-hybridized carbons (Fsp3) is 0.167. The van der Waals surface area contributed by atoms with Gasteiger partial charge in [-0.1, -0.05) is 16.8 Å². The summed E-state index contributed by atoms with van der Waals surface area (Å²) < 4.78 is 7.24. The van der Waals surface area contributed by atoms with Crippen LogP contribution in [0.15, 0.2) is 41.4 Å². The lowest BCUT2D eigenvalue weighted by Crippen LogP contribution is -1.96. The predicted octanol–water partition coefficient (Wildman–Crippen LogP) is 2.80. The lowest BCUT2D eigenvalue weighted by molar-refractivity contribution is 0.443. The quantitative estimate of drug-likeness (QED) is 0.702. The second kappa shape index (κ2) is 4.59. The third-order valence-electron chi connectivity index (χ3n) is 2.59. The average molecular weight is 250 g/mol. The van der Waals surface area contributed by atoms with Gasteiger partial charge in [0.05, 0.1) is 12.9 Å². The Morgan fingerprint density at radius 2 is 2.24 bits per heavy atom. The highest BCUT2D eigenvalue weighted by Gasteiger charge is 2.08. The number of aryl methyl sites for hydroxylation is 1. The molecule has 0 saturated heterocycles. The van der Waals surface area contributed by atoms with Crippen molar-refractivity contribution in [1.29, 1.82) is 0 Å².